The molecule has 3 rings (SSSR count). The Kier molecular flexibility index (Phi) is 3.26. The first-order valence-corrected chi connectivity index (χ1v) is 6.63. The van der Waals surface area contributed by atoms with Crippen LogP contribution in [0.15, 0.2) is 30.3 Å². The maximum atomic E-state index is 4.62. The predicted octanol–water partition coefficient (Wildman–Crippen LogP) is 2.62. The van der Waals surface area contributed by atoms with Gasteiger partial charge in [0.05, 0.1) is 6.54 Å². The molecule has 1 aromatic carbocycles. The molecule has 0 fully saturated rings. The van der Waals surface area contributed by atoms with E-state index in [2.05, 4.69) is 32.2 Å². The van der Waals surface area contributed by atoms with E-state index in [1.54, 1.807) is 0 Å². The highest BCUT2D eigenvalue weighted by molar-refractivity contribution is 5.42. The van der Waals surface area contributed by atoms with Crippen molar-refractivity contribution in [2.24, 2.45) is 0 Å². The number of anilines is 1. The van der Waals surface area contributed by atoms with E-state index in [4.69, 9.17) is 0 Å². The molecule has 0 bridgehead atoms. The summed E-state index contributed by atoms with van der Waals surface area (Å²) in [7, 11) is 0. The quantitative estimate of drug-likeness (QED) is 0.899. The van der Waals surface area contributed by atoms with Crippen LogP contribution in [-0.4, -0.2) is 14.8 Å². The van der Waals surface area contributed by atoms with Crippen molar-refractivity contribution in [3.63, 3.8) is 0 Å². The first kappa shape index (κ1) is 11.3. The van der Waals surface area contributed by atoms with Gasteiger partial charge in [-0.05, 0) is 25.0 Å². The highest BCUT2D eigenvalue weighted by atomic mass is 15.4. The smallest absolute Gasteiger partial charge is 0.169 e. The summed E-state index contributed by atoms with van der Waals surface area (Å²) in [5.74, 6) is 2.05. The summed E-state index contributed by atoms with van der Waals surface area (Å²) in [6.45, 7) is 1.72. The second-order valence-electron chi connectivity index (χ2n) is 4.70. The van der Waals surface area contributed by atoms with Crippen molar-refractivity contribution in [1.82, 2.24) is 14.8 Å². The van der Waals surface area contributed by atoms with Crippen molar-refractivity contribution >= 4 is 5.69 Å². The summed E-state index contributed by atoms with van der Waals surface area (Å²) in [6, 6.07) is 10.2. The number of aryl methyl sites for hydroxylation is 2. The molecule has 1 aliphatic rings. The Labute approximate surface area is 107 Å². The zero-order valence-electron chi connectivity index (χ0n) is 10.5. The van der Waals surface area contributed by atoms with E-state index in [1.807, 2.05) is 18.2 Å². The van der Waals surface area contributed by atoms with Crippen LogP contribution in [0, 0.1) is 0 Å². The topological polar surface area (TPSA) is 42.7 Å². The Bertz CT molecular complexity index is 480. The van der Waals surface area contributed by atoms with Crippen LogP contribution < -0.4 is 5.32 Å². The molecule has 0 aliphatic carbocycles. The summed E-state index contributed by atoms with van der Waals surface area (Å²) in [5, 5.41) is 7.92. The zero-order chi connectivity index (χ0) is 12.2. The van der Waals surface area contributed by atoms with E-state index in [9.17, 15) is 0 Å². The lowest BCUT2D eigenvalue weighted by Crippen LogP contribution is -2.04. The molecule has 4 nitrogen and oxygen atoms in total. The summed E-state index contributed by atoms with van der Waals surface area (Å²) in [6.07, 6.45) is 4.83. The number of fused-ring (bicyclic) bond motifs is 1. The maximum Gasteiger partial charge on any atom is 0.169 e. The number of hydrogen-bond donors (Lipinski definition) is 1. The number of nitrogens with one attached hydrogen (secondary N) is 1. The fourth-order valence-corrected chi connectivity index (χ4v) is 2.32. The van der Waals surface area contributed by atoms with Gasteiger partial charge in [0.2, 0.25) is 0 Å². The normalized spacial score (nSPS) is 14.9. The average molecular weight is 242 g/mol. The molecule has 1 aromatic heterocycles. The van der Waals surface area contributed by atoms with Crippen LogP contribution in [0.4, 0.5) is 5.69 Å². The van der Waals surface area contributed by atoms with Crippen LogP contribution in [0.3, 0.4) is 0 Å². The van der Waals surface area contributed by atoms with Gasteiger partial charge in [-0.3, -0.25) is 0 Å². The van der Waals surface area contributed by atoms with Crippen molar-refractivity contribution in [3.8, 4) is 0 Å². The van der Waals surface area contributed by atoms with Crippen molar-refractivity contribution in [3.05, 3.63) is 42.0 Å². The molecule has 0 spiro atoms. The first-order chi connectivity index (χ1) is 8.92. The summed E-state index contributed by atoms with van der Waals surface area (Å²) in [5.41, 5.74) is 1.11. The Morgan fingerprint density at radius 1 is 1.11 bits per heavy atom. The third-order valence-corrected chi connectivity index (χ3v) is 3.29. The van der Waals surface area contributed by atoms with Crippen molar-refractivity contribution in [1.29, 1.82) is 0 Å². The van der Waals surface area contributed by atoms with Gasteiger partial charge < -0.3 is 5.32 Å². The minimum atomic E-state index is 0.698. The van der Waals surface area contributed by atoms with Crippen molar-refractivity contribution in [2.75, 3.05) is 5.32 Å². The van der Waals surface area contributed by atoms with Gasteiger partial charge in [0.1, 0.15) is 5.82 Å². The van der Waals surface area contributed by atoms with E-state index in [1.165, 1.54) is 19.3 Å². The molecule has 0 saturated heterocycles. The third kappa shape index (κ3) is 2.53. The Hall–Kier alpha value is -1.84. The van der Waals surface area contributed by atoms with Crippen LogP contribution in [0.1, 0.15) is 30.9 Å². The number of hydrogen-bond acceptors (Lipinski definition) is 3. The second kappa shape index (κ2) is 5.21. The SMILES string of the molecule is c1ccc(NCc2nc3n(n2)CCCCC3)cc1. The van der Waals surface area contributed by atoms with E-state index in [0.29, 0.717) is 6.54 Å². The number of aromatic nitrogens is 3. The fraction of sp³-hybridized carbons (Fsp3) is 0.429. The summed E-state index contributed by atoms with van der Waals surface area (Å²) < 4.78 is 2.08. The molecule has 0 unspecified atom stereocenters. The molecule has 1 N–H and O–H groups in total. The monoisotopic (exact) mass is 242 g/mol. The molecule has 0 atom stereocenters. The molecule has 0 amide bonds. The molecule has 18 heavy (non-hydrogen) atoms. The first-order valence-electron chi connectivity index (χ1n) is 6.63. The lowest BCUT2D eigenvalue weighted by molar-refractivity contribution is 0.570. The van der Waals surface area contributed by atoms with Crippen LogP contribution in [0.2, 0.25) is 0 Å². The van der Waals surface area contributed by atoms with Crippen LogP contribution >= 0.6 is 0 Å². The molecule has 4 heteroatoms. The van der Waals surface area contributed by atoms with Gasteiger partial charge in [-0.25, -0.2) is 9.67 Å². The third-order valence-electron chi connectivity index (χ3n) is 3.29. The molecule has 1 aliphatic heterocycles. The van der Waals surface area contributed by atoms with Crippen LogP contribution in [0.25, 0.3) is 0 Å². The molecule has 2 aromatic rings. The molecule has 0 saturated carbocycles. The van der Waals surface area contributed by atoms with Gasteiger partial charge in [0.25, 0.3) is 0 Å². The van der Waals surface area contributed by atoms with Gasteiger partial charge >= 0.3 is 0 Å². The highest BCUT2D eigenvalue weighted by Crippen LogP contribution is 2.13. The predicted molar refractivity (Wildman–Crippen MR) is 71.3 cm³/mol. The van der Waals surface area contributed by atoms with Gasteiger partial charge in [-0.2, -0.15) is 5.10 Å². The van der Waals surface area contributed by atoms with Crippen molar-refractivity contribution < 1.29 is 0 Å². The molecular weight excluding hydrogens is 224 g/mol. The average Bonchev–Trinajstić information content (AvgIpc) is 2.68. The lowest BCUT2D eigenvalue weighted by Gasteiger charge is -2.02. The van der Waals surface area contributed by atoms with Gasteiger partial charge in [-0.15, -0.1) is 0 Å². The van der Waals surface area contributed by atoms with Gasteiger partial charge in [-0.1, -0.05) is 24.6 Å². The largest absolute Gasteiger partial charge is 0.378 e. The molecule has 94 valence electrons. The summed E-state index contributed by atoms with van der Waals surface area (Å²) >= 11 is 0. The number of para-hydroxylation sites is 1. The number of rotatable bonds is 3. The van der Waals surface area contributed by atoms with E-state index >= 15 is 0 Å². The summed E-state index contributed by atoms with van der Waals surface area (Å²) in [4.78, 5) is 4.62. The standard InChI is InChI=1S/C14H18N4/c1-3-7-12(8-4-1)15-11-13-16-14-9-5-2-6-10-18(14)17-13/h1,3-4,7-8,15H,2,5-6,9-11H2. The van der Waals surface area contributed by atoms with E-state index in [0.717, 1.165) is 30.3 Å². The molecular formula is C14H18N4. The van der Waals surface area contributed by atoms with Crippen LogP contribution in [-0.2, 0) is 19.5 Å². The Morgan fingerprint density at radius 2 is 2.00 bits per heavy atom. The van der Waals surface area contributed by atoms with Gasteiger partial charge in [0, 0.05) is 18.7 Å². The molecule has 0 radical (unpaired) electrons. The number of benzene rings is 1. The zero-order valence-corrected chi connectivity index (χ0v) is 10.5. The minimum Gasteiger partial charge on any atom is -0.378 e. The Morgan fingerprint density at radius 3 is 2.89 bits per heavy atom. The van der Waals surface area contributed by atoms with E-state index in [-0.39, 0.29) is 0 Å². The van der Waals surface area contributed by atoms with Crippen molar-refractivity contribution in [2.45, 2.75) is 38.8 Å². The van der Waals surface area contributed by atoms with E-state index < -0.39 is 0 Å². The Balaban J connectivity index is 1.67. The van der Waals surface area contributed by atoms with Crippen LogP contribution in [0.5, 0.6) is 0 Å². The minimum absolute atomic E-state index is 0.698. The second-order valence-corrected chi connectivity index (χ2v) is 4.70. The fourth-order valence-electron chi connectivity index (χ4n) is 2.32. The van der Waals surface area contributed by atoms with Gasteiger partial charge in [0.15, 0.2) is 5.82 Å². The number of nitrogens with zero attached hydrogens (tertiary/aromatic N) is 3. The molecule has 2 heterocycles. The maximum absolute atomic E-state index is 4.62. The highest BCUT2D eigenvalue weighted by Gasteiger charge is 2.12. The lowest BCUT2D eigenvalue weighted by atomic mass is 10.2.